The van der Waals surface area contributed by atoms with Crippen molar-refractivity contribution in [3.05, 3.63) is 64.4 Å². The molecule has 0 unspecified atom stereocenters. The average molecular weight is 502 g/mol. The number of carbonyl (C=O) groups is 3. The molecule has 0 saturated carbocycles. The molecule has 35 heavy (non-hydrogen) atoms. The van der Waals surface area contributed by atoms with Crippen LogP contribution in [0.3, 0.4) is 0 Å². The molecule has 2 aromatic rings. The Balaban J connectivity index is 1.67. The molecule has 2 aromatic carbocycles. The van der Waals surface area contributed by atoms with Gasteiger partial charge in [0.2, 0.25) is 17.7 Å². The van der Waals surface area contributed by atoms with Crippen molar-refractivity contribution < 1.29 is 18.8 Å². The predicted octanol–water partition coefficient (Wildman–Crippen LogP) is 5.31. The summed E-state index contributed by atoms with van der Waals surface area (Å²) in [6.07, 6.45) is 5.42. The largest absolute Gasteiger partial charge is 0.329 e. The third kappa shape index (κ3) is 7.28. The summed E-state index contributed by atoms with van der Waals surface area (Å²) in [6.45, 7) is 4.09. The van der Waals surface area contributed by atoms with Gasteiger partial charge in [0.25, 0.3) is 0 Å². The molecule has 0 bridgehead atoms. The van der Waals surface area contributed by atoms with Gasteiger partial charge in [-0.15, -0.1) is 0 Å². The maximum atomic E-state index is 13.3. The van der Waals surface area contributed by atoms with Crippen LogP contribution in [0.4, 0.5) is 10.1 Å². The van der Waals surface area contributed by atoms with Gasteiger partial charge in [-0.1, -0.05) is 62.4 Å². The number of halogens is 2. The third-order valence-electron chi connectivity index (χ3n) is 6.28. The highest BCUT2D eigenvalue weighted by Crippen LogP contribution is 2.28. The van der Waals surface area contributed by atoms with Gasteiger partial charge in [0.15, 0.2) is 0 Å². The molecule has 0 aliphatic carbocycles. The van der Waals surface area contributed by atoms with E-state index in [-0.39, 0.29) is 49.8 Å². The van der Waals surface area contributed by atoms with Crippen LogP contribution in [-0.2, 0) is 20.9 Å². The van der Waals surface area contributed by atoms with Crippen molar-refractivity contribution in [3.8, 4) is 0 Å². The lowest BCUT2D eigenvalue weighted by molar-refractivity contribution is -0.140. The van der Waals surface area contributed by atoms with E-state index in [4.69, 9.17) is 11.6 Å². The summed E-state index contributed by atoms with van der Waals surface area (Å²) in [5.41, 5.74) is 2.18. The van der Waals surface area contributed by atoms with Gasteiger partial charge in [0.1, 0.15) is 25.6 Å². The molecule has 8 heteroatoms. The number of unbranched alkanes of at least 4 members (excludes halogenated alkanes) is 4. The minimum Gasteiger partial charge on any atom is -0.329 e. The van der Waals surface area contributed by atoms with E-state index in [1.807, 2.05) is 6.92 Å². The fourth-order valence-corrected chi connectivity index (χ4v) is 4.33. The first-order valence-electron chi connectivity index (χ1n) is 12.2. The summed E-state index contributed by atoms with van der Waals surface area (Å²) in [4.78, 5) is 43.4. The molecule has 6 nitrogen and oxygen atoms in total. The maximum Gasteiger partial charge on any atom is 0.248 e. The monoisotopic (exact) mass is 501 g/mol. The molecule has 188 valence electrons. The molecule has 1 fully saturated rings. The maximum absolute atomic E-state index is 13.3. The van der Waals surface area contributed by atoms with Crippen molar-refractivity contribution in [3.63, 3.8) is 0 Å². The van der Waals surface area contributed by atoms with Gasteiger partial charge in [-0.05, 0) is 48.7 Å². The van der Waals surface area contributed by atoms with Crippen molar-refractivity contribution in [2.24, 2.45) is 0 Å². The fourth-order valence-electron chi connectivity index (χ4n) is 4.16. The molecule has 0 aromatic heterocycles. The molecular weight excluding hydrogens is 469 g/mol. The van der Waals surface area contributed by atoms with Crippen LogP contribution in [0.2, 0.25) is 5.02 Å². The quantitative estimate of drug-likeness (QED) is 0.392. The van der Waals surface area contributed by atoms with Gasteiger partial charge in [0, 0.05) is 23.7 Å². The molecule has 0 spiro atoms. The highest BCUT2D eigenvalue weighted by molar-refractivity contribution is 6.31. The van der Waals surface area contributed by atoms with Crippen molar-refractivity contribution in [2.45, 2.75) is 58.9 Å². The Bertz CT molecular complexity index is 1040. The lowest BCUT2D eigenvalue weighted by atomic mass is 10.1. The van der Waals surface area contributed by atoms with Gasteiger partial charge in [-0.25, -0.2) is 4.39 Å². The van der Waals surface area contributed by atoms with Crippen LogP contribution in [0, 0.1) is 12.7 Å². The second-order valence-corrected chi connectivity index (χ2v) is 9.39. The molecule has 1 aliphatic heterocycles. The van der Waals surface area contributed by atoms with E-state index in [1.165, 1.54) is 21.9 Å². The fraction of sp³-hybridized carbons (Fsp3) is 0.444. The first kappa shape index (κ1) is 26.7. The minimum atomic E-state index is -0.356. The average Bonchev–Trinajstić information content (AvgIpc) is 3.23. The van der Waals surface area contributed by atoms with Crippen molar-refractivity contribution in [1.29, 1.82) is 0 Å². The topological polar surface area (TPSA) is 60.9 Å². The molecule has 1 saturated heterocycles. The summed E-state index contributed by atoms with van der Waals surface area (Å²) in [6, 6.07) is 11.2. The summed E-state index contributed by atoms with van der Waals surface area (Å²) < 4.78 is 13.3. The Morgan fingerprint density at radius 2 is 1.77 bits per heavy atom. The first-order chi connectivity index (χ1) is 16.8. The zero-order valence-corrected chi connectivity index (χ0v) is 21.2. The van der Waals surface area contributed by atoms with Crippen LogP contribution in [0.25, 0.3) is 0 Å². The Kier molecular flexibility index (Phi) is 9.66. The summed E-state index contributed by atoms with van der Waals surface area (Å²) in [5.74, 6) is -0.976. The predicted molar refractivity (Wildman–Crippen MR) is 135 cm³/mol. The van der Waals surface area contributed by atoms with E-state index < -0.39 is 0 Å². The number of carbonyl (C=O) groups excluding carboxylic acids is 3. The molecule has 1 aliphatic rings. The molecular formula is C27H33ClFN3O3. The number of rotatable bonds is 11. The van der Waals surface area contributed by atoms with Gasteiger partial charge in [-0.3, -0.25) is 19.3 Å². The highest BCUT2D eigenvalue weighted by Gasteiger charge is 2.33. The van der Waals surface area contributed by atoms with Crippen LogP contribution in [0.15, 0.2) is 42.5 Å². The zero-order valence-electron chi connectivity index (χ0n) is 20.4. The van der Waals surface area contributed by atoms with Crippen molar-refractivity contribution in [2.75, 3.05) is 24.7 Å². The number of nitrogens with zero attached hydrogens (tertiary/aromatic N) is 3. The summed E-state index contributed by atoms with van der Waals surface area (Å²) in [7, 11) is 0. The molecule has 0 radical (unpaired) electrons. The smallest absolute Gasteiger partial charge is 0.248 e. The van der Waals surface area contributed by atoms with Crippen LogP contribution in [0.1, 0.15) is 56.6 Å². The van der Waals surface area contributed by atoms with E-state index in [0.717, 1.165) is 43.2 Å². The van der Waals surface area contributed by atoms with Gasteiger partial charge in [-0.2, -0.15) is 0 Å². The van der Waals surface area contributed by atoms with E-state index in [2.05, 4.69) is 6.92 Å². The van der Waals surface area contributed by atoms with E-state index in [0.29, 0.717) is 17.1 Å². The van der Waals surface area contributed by atoms with E-state index >= 15 is 0 Å². The van der Waals surface area contributed by atoms with Gasteiger partial charge >= 0.3 is 0 Å². The third-order valence-corrected chi connectivity index (χ3v) is 6.69. The highest BCUT2D eigenvalue weighted by atomic mass is 35.5. The second-order valence-electron chi connectivity index (χ2n) is 8.98. The lowest BCUT2D eigenvalue weighted by Gasteiger charge is -2.25. The summed E-state index contributed by atoms with van der Waals surface area (Å²) in [5, 5.41) is 0.551. The molecule has 3 amide bonds. The van der Waals surface area contributed by atoms with Crippen LogP contribution >= 0.6 is 11.6 Å². The number of anilines is 1. The minimum absolute atomic E-state index is 0.0552. The Morgan fingerprint density at radius 3 is 2.49 bits per heavy atom. The summed E-state index contributed by atoms with van der Waals surface area (Å²) >= 11 is 6.21. The molecule has 0 N–H and O–H groups in total. The zero-order chi connectivity index (χ0) is 25.4. The first-order valence-corrected chi connectivity index (χ1v) is 12.5. The number of benzene rings is 2. The number of hydrogen-bond acceptors (Lipinski definition) is 3. The van der Waals surface area contributed by atoms with Crippen LogP contribution in [0.5, 0.6) is 0 Å². The van der Waals surface area contributed by atoms with Crippen LogP contribution in [-0.4, -0.2) is 47.3 Å². The van der Waals surface area contributed by atoms with Crippen LogP contribution < -0.4 is 4.90 Å². The van der Waals surface area contributed by atoms with Crippen molar-refractivity contribution >= 4 is 35.0 Å². The Labute approximate surface area is 211 Å². The number of amides is 3. The normalized spacial score (nSPS) is 13.4. The van der Waals surface area contributed by atoms with Gasteiger partial charge < -0.3 is 9.80 Å². The molecule has 3 rings (SSSR count). The molecule has 0 atom stereocenters. The molecule has 1 heterocycles. The Hall–Kier alpha value is -2.93. The second kappa shape index (κ2) is 12.7. The van der Waals surface area contributed by atoms with Gasteiger partial charge in [0.05, 0.1) is 0 Å². The lowest BCUT2D eigenvalue weighted by Crippen LogP contribution is -2.42. The SMILES string of the molecule is CCCCCCCC(=O)N(CC(=O)N1CC(=O)N(c2cccc(Cl)c2C)C1)Cc1ccc(F)cc1. The standard InChI is InChI=1S/C27H33ClFN3O3/c1-3-4-5-6-7-11-25(33)30(16-21-12-14-22(29)15-13-21)17-26(34)31-18-27(35)32(19-31)24-10-8-9-23(28)20(24)2/h8-10,12-15H,3-7,11,16-19H2,1-2H3. The Morgan fingerprint density at radius 1 is 1.06 bits per heavy atom. The van der Waals surface area contributed by atoms with E-state index in [9.17, 15) is 18.8 Å². The van der Waals surface area contributed by atoms with E-state index in [1.54, 1.807) is 35.2 Å². The van der Waals surface area contributed by atoms with Crippen molar-refractivity contribution in [1.82, 2.24) is 9.80 Å². The number of hydrogen-bond donors (Lipinski definition) is 0.